The molecule has 0 fully saturated rings. The van der Waals surface area contributed by atoms with Crippen LogP contribution in [-0.4, -0.2) is 65.9 Å². The summed E-state index contributed by atoms with van der Waals surface area (Å²) in [4.78, 5) is 31.3. The second-order valence-electron chi connectivity index (χ2n) is 5.59. The van der Waals surface area contributed by atoms with E-state index in [0.29, 0.717) is 12.3 Å². The van der Waals surface area contributed by atoms with E-state index < -0.39 is 48.5 Å². The fourth-order valence-electron chi connectivity index (χ4n) is 2.08. The Labute approximate surface area is 145 Å². The molecule has 0 saturated carbocycles. The van der Waals surface area contributed by atoms with Gasteiger partial charge in [0.15, 0.2) is 0 Å². The lowest BCUT2D eigenvalue weighted by atomic mass is 9.78. The first-order valence-corrected chi connectivity index (χ1v) is 10.1. The summed E-state index contributed by atoms with van der Waals surface area (Å²) in [5.74, 6) is 0.383. The number of aliphatic hydroxyl groups is 4. The maximum absolute atomic E-state index is 10.1. The molecule has 0 rings (SSSR count). The predicted octanol–water partition coefficient (Wildman–Crippen LogP) is 0.343. The highest BCUT2D eigenvalue weighted by molar-refractivity contribution is 7.53. The Bertz CT molecular complexity index is 264. The molecule has 0 heterocycles. The Morgan fingerprint density at radius 3 is 1.62 bits per heavy atom. The van der Waals surface area contributed by atoms with Crippen LogP contribution in [-0.2, 0) is 4.31 Å². The van der Waals surface area contributed by atoms with Crippen LogP contribution in [0.3, 0.4) is 0 Å². The van der Waals surface area contributed by atoms with Crippen LogP contribution in [0.4, 0.5) is 0 Å². The summed E-state index contributed by atoms with van der Waals surface area (Å²) in [6, 6.07) is 0. The minimum atomic E-state index is -2.61. The largest absolute Gasteiger partial charge is 0.396 e. The van der Waals surface area contributed by atoms with Gasteiger partial charge in [0.25, 0.3) is 0 Å². The normalized spacial score (nSPS) is 14.5. The smallest absolute Gasteiger partial charge is 0.334 e. The molecule has 0 aromatic rings. The molecule has 24 heavy (non-hydrogen) atoms. The molecule has 0 aliphatic carbocycles. The molecule has 2 atom stereocenters. The van der Waals surface area contributed by atoms with Crippen molar-refractivity contribution >= 4 is 17.2 Å². The van der Waals surface area contributed by atoms with Gasteiger partial charge in [-0.15, -0.1) is 0 Å². The predicted molar refractivity (Wildman–Crippen MR) is 91.4 cm³/mol. The highest BCUT2D eigenvalue weighted by atomic mass is 31.2. The summed E-state index contributed by atoms with van der Waals surface area (Å²) in [5.41, 5.74) is -1.17. The van der Waals surface area contributed by atoms with E-state index in [1.807, 2.05) is 0 Å². The third-order valence-electron chi connectivity index (χ3n) is 3.90. The lowest BCUT2D eigenvalue weighted by Crippen LogP contribution is -2.46. The van der Waals surface area contributed by atoms with E-state index >= 15 is 0 Å². The van der Waals surface area contributed by atoms with Gasteiger partial charge in [-0.1, -0.05) is 39.5 Å². The molecular formula is C13H32O9P2. The lowest BCUT2D eigenvalue weighted by molar-refractivity contribution is -0.0912. The molecule has 2 unspecified atom stereocenters. The van der Waals surface area contributed by atoms with Crippen molar-refractivity contribution in [1.82, 2.24) is 0 Å². The van der Waals surface area contributed by atoms with Crippen molar-refractivity contribution in [3.8, 4) is 0 Å². The van der Waals surface area contributed by atoms with Crippen molar-refractivity contribution in [2.24, 2.45) is 11.3 Å². The van der Waals surface area contributed by atoms with Gasteiger partial charge in [0, 0.05) is 0 Å². The fraction of sp³-hybridized carbons (Fsp3) is 1.00. The minimum Gasteiger partial charge on any atom is -0.396 e. The molecule has 9 nitrogen and oxygen atoms in total. The van der Waals surface area contributed by atoms with E-state index in [2.05, 4.69) is 18.2 Å². The number of hydrogen-bond donors (Lipinski definition) is 8. The Hall–Kier alpha value is 0.500. The van der Waals surface area contributed by atoms with Gasteiger partial charge in [0.1, 0.15) is 0 Å². The number of hydrogen-bond acceptors (Lipinski definition) is 9. The van der Waals surface area contributed by atoms with Gasteiger partial charge in [-0.2, -0.15) is 0 Å². The van der Waals surface area contributed by atoms with Gasteiger partial charge in [-0.05, 0) is 12.3 Å². The van der Waals surface area contributed by atoms with E-state index in [1.54, 1.807) is 0 Å². The Kier molecular flexibility index (Phi) is 17.5. The first-order chi connectivity index (χ1) is 11.2. The van der Waals surface area contributed by atoms with E-state index in [9.17, 15) is 20.4 Å². The molecule has 0 spiro atoms. The van der Waals surface area contributed by atoms with Gasteiger partial charge < -0.3 is 40.0 Å². The molecule has 0 aliphatic rings. The highest BCUT2D eigenvalue weighted by Gasteiger charge is 2.37. The van der Waals surface area contributed by atoms with Crippen molar-refractivity contribution in [3.63, 3.8) is 0 Å². The van der Waals surface area contributed by atoms with Gasteiger partial charge in [-0.3, -0.25) is 0 Å². The second-order valence-corrected chi connectivity index (χ2v) is 7.26. The van der Waals surface area contributed by atoms with Crippen LogP contribution in [0.15, 0.2) is 0 Å². The topological polar surface area (TPSA) is 171 Å². The lowest BCUT2D eigenvalue weighted by Gasteiger charge is -2.34. The van der Waals surface area contributed by atoms with E-state index in [1.165, 1.54) is 0 Å². The van der Waals surface area contributed by atoms with E-state index in [4.69, 9.17) is 19.6 Å². The summed E-state index contributed by atoms with van der Waals surface area (Å²) < 4.78 is 3.60. The summed E-state index contributed by atoms with van der Waals surface area (Å²) in [6.45, 7) is 3.01. The Morgan fingerprint density at radius 1 is 0.917 bits per heavy atom. The summed E-state index contributed by atoms with van der Waals surface area (Å²) in [7, 11) is -5.22. The number of aliphatic hydroxyl groups excluding tert-OH is 4. The van der Waals surface area contributed by atoms with Crippen LogP contribution in [0.1, 0.15) is 46.0 Å². The molecule has 0 aliphatic heterocycles. The van der Waals surface area contributed by atoms with Crippen LogP contribution < -0.4 is 0 Å². The highest BCUT2D eigenvalue weighted by Crippen LogP contribution is 2.41. The van der Waals surface area contributed by atoms with E-state index in [0.717, 1.165) is 25.7 Å². The van der Waals surface area contributed by atoms with Crippen LogP contribution in [0.25, 0.3) is 0 Å². The van der Waals surface area contributed by atoms with Gasteiger partial charge >= 0.3 is 17.2 Å². The molecule has 8 N–H and O–H groups in total. The van der Waals surface area contributed by atoms with Crippen molar-refractivity contribution in [3.05, 3.63) is 0 Å². The van der Waals surface area contributed by atoms with Crippen molar-refractivity contribution in [1.29, 1.82) is 0 Å². The van der Waals surface area contributed by atoms with Crippen molar-refractivity contribution < 1.29 is 44.3 Å². The molecule has 11 heteroatoms. The average molecular weight is 394 g/mol. The molecule has 0 bridgehead atoms. The van der Waals surface area contributed by atoms with Crippen LogP contribution >= 0.6 is 17.2 Å². The zero-order valence-corrected chi connectivity index (χ0v) is 16.0. The van der Waals surface area contributed by atoms with E-state index in [-0.39, 0.29) is 0 Å². The molecule has 0 aromatic heterocycles. The zero-order valence-electron chi connectivity index (χ0n) is 14.2. The minimum absolute atomic E-state index is 0.383. The maximum atomic E-state index is 10.1. The molecular weight excluding hydrogens is 362 g/mol. The molecule has 0 radical (unpaired) electrons. The van der Waals surface area contributed by atoms with Gasteiger partial charge in [0.2, 0.25) is 0 Å². The maximum Gasteiger partial charge on any atom is 0.334 e. The van der Waals surface area contributed by atoms with Crippen molar-refractivity contribution in [2.45, 2.75) is 52.1 Å². The SMILES string of the molecule is CCCCC(CC)CC(O)C(CO)(CO)CO.OP(O)OP(O)O. The summed E-state index contributed by atoms with van der Waals surface area (Å²) >= 11 is 0. The molecule has 0 aromatic carbocycles. The summed E-state index contributed by atoms with van der Waals surface area (Å²) in [5, 5.41) is 37.8. The number of unbranched alkanes of at least 4 members (excludes halogenated alkanes) is 1. The summed E-state index contributed by atoms with van der Waals surface area (Å²) in [6.07, 6.45) is 3.92. The zero-order chi connectivity index (χ0) is 19.2. The van der Waals surface area contributed by atoms with Crippen LogP contribution in [0.2, 0.25) is 0 Å². The molecule has 0 saturated heterocycles. The Balaban J connectivity index is 0. The average Bonchev–Trinajstić information content (AvgIpc) is 2.52. The fourth-order valence-corrected chi connectivity index (χ4v) is 2.60. The van der Waals surface area contributed by atoms with Crippen LogP contribution in [0.5, 0.6) is 0 Å². The first-order valence-electron chi connectivity index (χ1n) is 7.77. The van der Waals surface area contributed by atoms with Crippen molar-refractivity contribution in [2.75, 3.05) is 19.8 Å². The number of rotatable bonds is 12. The molecule has 148 valence electrons. The van der Waals surface area contributed by atoms with Crippen LogP contribution in [0, 0.1) is 11.3 Å². The monoisotopic (exact) mass is 394 g/mol. The standard InChI is InChI=1S/C13H28O4.H4O5P2/c1-3-5-6-11(4-2)7-12(17)13(8-14,9-15)10-16;1-6(2)5-7(3)4/h11-12,14-17H,3-10H2,1-2H3;1-4H. The second kappa shape index (κ2) is 15.7. The third kappa shape index (κ3) is 12.0. The Morgan fingerprint density at radius 2 is 1.38 bits per heavy atom. The van der Waals surface area contributed by atoms with Gasteiger partial charge in [-0.25, -0.2) is 4.31 Å². The molecule has 0 amide bonds. The van der Waals surface area contributed by atoms with Gasteiger partial charge in [0.05, 0.1) is 31.3 Å². The quantitative estimate of drug-likeness (QED) is 0.217. The third-order valence-corrected chi connectivity index (χ3v) is 5.07. The first kappa shape index (κ1) is 26.7.